The summed E-state index contributed by atoms with van der Waals surface area (Å²) in [6, 6.07) is 7.15. The predicted octanol–water partition coefficient (Wildman–Crippen LogP) is 4.32. The first kappa shape index (κ1) is 25.6. The number of allylic oxidation sites excluding steroid dienone is 4. The summed E-state index contributed by atoms with van der Waals surface area (Å²) in [6.45, 7) is 7.12. The highest BCUT2D eigenvalue weighted by molar-refractivity contribution is 6.20. The maximum absolute atomic E-state index is 13.0. The van der Waals surface area contributed by atoms with E-state index in [0.717, 1.165) is 17.5 Å². The lowest BCUT2D eigenvalue weighted by molar-refractivity contribution is -0.392. The van der Waals surface area contributed by atoms with Crippen molar-refractivity contribution >= 4 is 23.1 Å². The van der Waals surface area contributed by atoms with E-state index in [2.05, 4.69) is 18.0 Å². The molecule has 1 aliphatic rings. The number of benzene rings is 1. The smallest absolute Gasteiger partial charge is 0.342 e. The van der Waals surface area contributed by atoms with Gasteiger partial charge in [0.15, 0.2) is 11.6 Å². The molecule has 0 saturated heterocycles. The highest BCUT2D eigenvalue weighted by Crippen LogP contribution is 2.29. The van der Waals surface area contributed by atoms with Gasteiger partial charge in [0.25, 0.3) is 5.91 Å². The number of imidazole rings is 1. The first-order valence-corrected chi connectivity index (χ1v) is 11.5. The van der Waals surface area contributed by atoms with Crippen molar-refractivity contribution < 1.29 is 19.6 Å². The number of nitro groups is 1. The molecule has 35 heavy (non-hydrogen) atoms. The zero-order valence-corrected chi connectivity index (χ0v) is 20.4. The fraction of sp³-hybridized carbons (Fsp3) is 0.346. The zero-order chi connectivity index (χ0) is 25.7. The minimum absolute atomic E-state index is 0.0759. The molecular weight excluding hydrogens is 448 g/mol. The fourth-order valence-corrected chi connectivity index (χ4v) is 4.30. The summed E-state index contributed by atoms with van der Waals surface area (Å²) in [5.74, 6) is -1.08. The van der Waals surface area contributed by atoms with Gasteiger partial charge in [0.05, 0.1) is 12.6 Å². The molecule has 0 aliphatic carbocycles. The first-order chi connectivity index (χ1) is 16.7. The third-order valence-corrected chi connectivity index (χ3v) is 6.18. The van der Waals surface area contributed by atoms with Crippen molar-refractivity contribution in [3.8, 4) is 0 Å². The van der Waals surface area contributed by atoms with Crippen LogP contribution in [-0.4, -0.2) is 48.8 Å². The second-order valence-corrected chi connectivity index (χ2v) is 8.38. The molecule has 1 aliphatic heterocycles. The minimum Gasteiger partial charge on any atom is -0.509 e. The number of ketones is 1. The number of aliphatic hydroxyl groups excluding tert-OH is 1. The van der Waals surface area contributed by atoms with Crippen molar-refractivity contribution in [3.05, 3.63) is 87.1 Å². The monoisotopic (exact) mass is 478 g/mol. The molecule has 1 N–H and O–H groups in total. The Labute approximate surface area is 204 Å². The molecular formula is C26H30N4O5. The van der Waals surface area contributed by atoms with Gasteiger partial charge in [-0.2, -0.15) is 0 Å². The molecule has 0 radical (unpaired) electrons. The molecule has 0 bridgehead atoms. The second kappa shape index (κ2) is 10.9. The molecule has 9 nitrogen and oxygen atoms in total. The van der Waals surface area contributed by atoms with Crippen molar-refractivity contribution in [1.29, 1.82) is 0 Å². The van der Waals surface area contributed by atoms with Crippen LogP contribution in [-0.2, 0) is 22.6 Å². The van der Waals surface area contributed by atoms with Gasteiger partial charge < -0.3 is 20.1 Å². The van der Waals surface area contributed by atoms with E-state index in [-0.39, 0.29) is 30.2 Å². The molecule has 0 spiro atoms. The summed E-state index contributed by atoms with van der Waals surface area (Å²) < 4.78 is 1.41. The van der Waals surface area contributed by atoms with E-state index in [1.807, 2.05) is 43.3 Å². The summed E-state index contributed by atoms with van der Waals surface area (Å²) in [6.07, 6.45) is 8.38. The number of carbonyl (C=O) groups excluding carboxylic acids is 2. The van der Waals surface area contributed by atoms with Gasteiger partial charge in [0.1, 0.15) is 24.1 Å². The average molecular weight is 479 g/mol. The lowest BCUT2D eigenvalue weighted by Gasteiger charge is -2.25. The summed E-state index contributed by atoms with van der Waals surface area (Å²) in [5, 5.41) is 22.1. The Hall–Kier alpha value is -4.01. The normalized spacial score (nSPS) is 16.6. The van der Waals surface area contributed by atoms with Gasteiger partial charge in [-0.3, -0.25) is 9.59 Å². The summed E-state index contributed by atoms with van der Waals surface area (Å²) in [7, 11) is 0. The molecule has 184 valence electrons. The molecule has 0 fully saturated rings. The van der Waals surface area contributed by atoms with Crippen molar-refractivity contribution in [2.75, 3.05) is 6.54 Å². The van der Waals surface area contributed by atoms with Gasteiger partial charge >= 0.3 is 5.82 Å². The van der Waals surface area contributed by atoms with Crippen LogP contribution in [0.3, 0.4) is 0 Å². The number of hydrogen-bond donors (Lipinski definition) is 1. The van der Waals surface area contributed by atoms with Gasteiger partial charge in [-0.1, -0.05) is 49.4 Å². The van der Waals surface area contributed by atoms with E-state index in [9.17, 15) is 24.8 Å². The molecule has 0 saturated carbocycles. The van der Waals surface area contributed by atoms with Gasteiger partial charge in [0, 0.05) is 13.3 Å². The Balaban J connectivity index is 1.86. The van der Waals surface area contributed by atoms with E-state index >= 15 is 0 Å². The third-order valence-electron chi connectivity index (χ3n) is 6.18. The minimum atomic E-state index is -0.737. The molecule has 1 aromatic carbocycles. The van der Waals surface area contributed by atoms with Crippen molar-refractivity contribution in [1.82, 2.24) is 14.5 Å². The molecule has 1 atom stereocenters. The van der Waals surface area contributed by atoms with E-state index in [0.29, 0.717) is 12.2 Å². The number of rotatable bonds is 10. The van der Waals surface area contributed by atoms with Crippen LogP contribution in [0.15, 0.2) is 60.0 Å². The Morgan fingerprint density at radius 2 is 1.94 bits per heavy atom. The SMILES string of the molecule is C/C=C\C=C(/CC)c1ccc(C[C@H]2C(O)=C(C(C)=O)C(=O)N2CCn2c([N+](=O)[O-])cnc2C)cc1. The summed E-state index contributed by atoms with van der Waals surface area (Å²) >= 11 is 0. The van der Waals surface area contributed by atoms with E-state index in [4.69, 9.17) is 0 Å². The Kier molecular flexibility index (Phi) is 8.01. The van der Waals surface area contributed by atoms with Crippen LogP contribution in [0.25, 0.3) is 5.57 Å². The van der Waals surface area contributed by atoms with Crippen LogP contribution < -0.4 is 0 Å². The van der Waals surface area contributed by atoms with E-state index in [1.165, 1.54) is 28.2 Å². The third kappa shape index (κ3) is 5.40. The lowest BCUT2D eigenvalue weighted by atomic mass is 9.98. The lowest BCUT2D eigenvalue weighted by Crippen LogP contribution is -2.39. The van der Waals surface area contributed by atoms with Crippen molar-refractivity contribution in [2.24, 2.45) is 0 Å². The summed E-state index contributed by atoms with van der Waals surface area (Å²) in [5.41, 5.74) is 2.93. The van der Waals surface area contributed by atoms with Crippen molar-refractivity contribution in [2.45, 2.75) is 53.1 Å². The van der Waals surface area contributed by atoms with E-state index < -0.39 is 22.7 Å². The Morgan fingerprint density at radius 1 is 1.26 bits per heavy atom. The van der Waals surface area contributed by atoms with Crippen LogP contribution in [0.1, 0.15) is 44.1 Å². The van der Waals surface area contributed by atoms with Gasteiger partial charge in [-0.05, 0) is 41.9 Å². The largest absolute Gasteiger partial charge is 0.509 e. The molecule has 0 unspecified atom stereocenters. The standard InChI is InChI=1S/C26H30N4O5/c1-5-7-8-20(6-2)21-11-9-19(10-12-21)15-22-25(32)24(17(3)31)26(33)29(22)14-13-28-18(4)27-16-23(28)30(34)35/h5,7-12,16,22,32H,6,13-15H2,1-4H3/b7-5-,20-8+/t22-/m0/s1. The van der Waals surface area contributed by atoms with E-state index in [1.54, 1.807) is 6.92 Å². The molecule has 9 heteroatoms. The number of amides is 1. The van der Waals surface area contributed by atoms with Crippen LogP contribution >= 0.6 is 0 Å². The maximum atomic E-state index is 13.0. The topological polar surface area (TPSA) is 119 Å². The Bertz CT molecular complexity index is 1220. The molecule has 2 heterocycles. The zero-order valence-electron chi connectivity index (χ0n) is 20.4. The fourth-order valence-electron chi connectivity index (χ4n) is 4.30. The number of hydrogen-bond acceptors (Lipinski definition) is 6. The highest BCUT2D eigenvalue weighted by Gasteiger charge is 2.41. The molecule has 1 aromatic heterocycles. The molecule has 3 rings (SSSR count). The van der Waals surface area contributed by atoms with Crippen LogP contribution in [0.2, 0.25) is 0 Å². The van der Waals surface area contributed by atoms with Gasteiger partial charge in [-0.15, -0.1) is 0 Å². The number of nitrogens with zero attached hydrogens (tertiary/aromatic N) is 4. The van der Waals surface area contributed by atoms with Gasteiger partial charge in [0.2, 0.25) is 0 Å². The number of aliphatic hydroxyl groups is 1. The number of carbonyl (C=O) groups is 2. The van der Waals surface area contributed by atoms with Crippen LogP contribution in [0.4, 0.5) is 5.82 Å². The maximum Gasteiger partial charge on any atom is 0.342 e. The molecule has 1 amide bonds. The molecule has 2 aromatic rings. The second-order valence-electron chi connectivity index (χ2n) is 8.38. The quantitative estimate of drug-likeness (QED) is 0.235. The highest BCUT2D eigenvalue weighted by atomic mass is 16.6. The number of aryl methyl sites for hydroxylation is 1. The van der Waals surface area contributed by atoms with Crippen molar-refractivity contribution in [3.63, 3.8) is 0 Å². The number of aromatic nitrogens is 2. The van der Waals surface area contributed by atoms with Crippen LogP contribution in [0.5, 0.6) is 0 Å². The first-order valence-electron chi connectivity index (χ1n) is 11.5. The van der Waals surface area contributed by atoms with Crippen LogP contribution in [0, 0.1) is 17.0 Å². The van der Waals surface area contributed by atoms with Gasteiger partial charge in [-0.25, -0.2) is 9.55 Å². The summed E-state index contributed by atoms with van der Waals surface area (Å²) in [4.78, 5) is 41.3. The predicted molar refractivity (Wildman–Crippen MR) is 133 cm³/mol. The Morgan fingerprint density at radius 3 is 2.51 bits per heavy atom. The number of Topliss-reactive ketones (excluding diaryl/α,β-unsaturated/α-hetero) is 1. The average Bonchev–Trinajstić information content (AvgIpc) is 3.30.